The van der Waals surface area contributed by atoms with E-state index in [1.807, 2.05) is 12.2 Å². The molecule has 0 aromatic rings. The van der Waals surface area contributed by atoms with Gasteiger partial charge in [0.1, 0.15) is 5.60 Å². The molecule has 1 unspecified atom stereocenters. The summed E-state index contributed by atoms with van der Waals surface area (Å²) < 4.78 is 4.86. The molecule has 0 saturated carbocycles. The number of carbonyl (C=O) groups excluding carboxylic acids is 2. The van der Waals surface area contributed by atoms with Crippen LogP contribution in [0, 0.1) is 0 Å². The van der Waals surface area contributed by atoms with E-state index in [-0.39, 0.29) is 6.42 Å². The van der Waals surface area contributed by atoms with Gasteiger partial charge in [-0.2, -0.15) is 0 Å². The molecule has 0 spiro atoms. The van der Waals surface area contributed by atoms with Crippen molar-refractivity contribution in [3.63, 3.8) is 0 Å². The molecule has 0 amide bonds. The lowest BCUT2D eigenvalue weighted by Gasteiger charge is -2.27. The van der Waals surface area contributed by atoms with Gasteiger partial charge in [0.25, 0.3) is 6.47 Å². The van der Waals surface area contributed by atoms with E-state index in [4.69, 9.17) is 16.3 Å². The number of rotatable bonds is 4. The zero-order valence-corrected chi connectivity index (χ0v) is 7.66. The van der Waals surface area contributed by atoms with Crippen molar-refractivity contribution in [1.82, 2.24) is 0 Å². The standard InChI is InChI=1S/C9H9ClO3/c10-8(12)6-9(13-7-11)4-2-1-3-5-9/h1-4,7H,5-6H2. The molecule has 1 atom stereocenters. The Morgan fingerprint density at radius 3 is 2.85 bits per heavy atom. The minimum Gasteiger partial charge on any atom is -0.456 e. The molecule has 0 fully saturated rings. The average Bonchev–Trinajstić information content (AvgIpc) is 2.04. The van der Waals surface area contributed by atoms with E-state index in [0.717, 1.165) is 0 Å². The van der Waals surface area contributed by atoms with E-state index in [9.17, 15) is 9.59 Å². The van der Waals surface area contributed by atoms with E-state index < -0.39 is 10.8 Å². The van der Waals surface area contributed by atoms with Gasteiger partial charge in [-0.15, -0.1) is 0 Å². The summed E-state index contributed by atoms with van der Waals surface area (Å²) in [5.74, 6) is 0. The average molecular weight is 201 g/mol. The zero-order chi connectivity index (χ0) is 9.73. The van der Waals surface area contributed by atoms with Crippen LogP contribution < -0.4 is 0 Å². The molecule has 0 N–H and O–H groups in total. The Morgan fingerprint density at radius 2 is 2.38 bits per heavy atom. The quantitative estimate of drug-likeness (QED) is 0.511. The third-order valence-corrected chi connectivity index (χ3v) is 1.97. The Bertz CT molecular complexity index is 266. The molecule has 13 heavy (non-hydrogen) atoms. The van der Waals surface area contributed by atoms with E-state index >= 15 is 0 Å². The Hall–Kier alpha value is -1.09. The minimum absolute atomic E-state index is 0.00807. The summed E-state index contributed by atoms with van der Waals surface area (Å²) >= 11 is 5.24. The van der Waals surface area contributed by atoms with Gasteiger partial charge < -0.3 is 4.74 Å². The van der Waals surface area contributed by atoms with Crippen molar-refractivity contribution in [3.05, 3.63) is 24.3 Å². The first-order valence-corrected chi connectivity index (χ1v) is 4.20. The SMILES string of the molecule is O=COC1(CC(=O)Cl)C=CC=CC1. The largest absolute Gasteiger partial charge is 0.456 e. The summed E-state index contributed by atoms with van der Waals surface area (Å²) in [6.45, 7) is 0.337. The molecular formula is C9H9ClO3. The van der Waals surface area contributed by atoms with Gasteiger partial charge in [0, 0.05) is 6.42 Å². The molecule has 1 aliphatic carbocycles. The van der Waals surface area contributed by atoms with Crippen molar-refractivity contribution in [3.8, 4) is 0 Å². The molecule has 1 aliphatic rings. The third-order valence-electron chi connectivity index (χ3n) is 1.83. The van der Waals surface area contributed by atoms with Crippen molar-refractivity contribution < 1.29 is 14.3 Å². The normalized spacial score (nSPS) is 25.6. The van der Waals surface area contributed by atoms with Crippen LogP contribution in [0.15, 0.2) is 24.3 Å². The molecule has 0 saturated heterocycles. The molecule has 0 aromatic carbocycles. The number of hydrogen-bond acceptors (Lipinski definition) is 3. The Morgan fingerprint density at radius 1 is 1.62 bits per heavy atom. The van der Waals surface area contributed by atoms with Gasteiger partial charge in [-0.05, 0) is 17.7 Å². The molecule has 4 heteroatoms. The maximum absolute atomic E-state index is 10.7. The van der Waals surface area contributed by atoms with Gasteiger partial charge in [0.05, 0.1) is 6.42 Å². The van der Waals surface area contributed by atoms with Crippen LogP contribution in [0.4, 0.5) is 0 Å². The Labute approximate surface area is 81.0 Å². The van der Waals surface area contributed by atoms with Crippen LogP contribution in [-0.2, 0) is 14.3 Å². The van der Waals surface area contributed by atoms with Crippen LogP contribution in [0.25, 0.3) is 0 Å². The molecule has 3 nitrogen and oxygen atoms in total. The lowest BCUT2D eigenvalue weighted by Crippen LogP contribution is -2.32. The Kier molecular flexibility index (Phi) is 3.25. The lowest BCUT2D eigenvalue weighted by atomic mass is 9.92. The topological polar surface area (TPSA) is 43.4 Å². The van der Waals surface area contributed by atoms with E-state index in [1.165, 1.54) is 0 Å². The van der Waals surface area contributed by atoms with E-state index in [2.05, 4.69) is 0 Å². The van der Waals surface area contributed by atoms with Crippen LogP contribution in [0.3, 0.4) is 0 Å². The van der Waals surface area contributed by atoms with Gasteiger partial charge in [-0.25, -0.2) is 0 Å². The zero-order valence-electron chi connectivity index (χ0n) is 6.90. The van der Waals surface area contributed by atoms with Gasteiger partial charge >= 0.3 is 0 Å². The first-order chi connectivity index (χ1) is 6.18. The third kappa shape index (κ3) is 2.70. The summed E-state index contributed by atoms with van der Waals surface area (Å²) in [5, 5.41) is -0.512. The van der Waals surface area contributed by atoms with Gasteiger partial charge in [0.2, 0.25) is 5.24 Å². The maximum atomic E-state index is 10.7. The fourth-order valence-electron chi connectivity index (χ4n) is 1.24. The molecule has 0 aliphatic heterocycles. The number of ether oxygens (including phenoxy) is 1. The van der Waals surface area contributed by atoms with Crippen molar-refractivity contribution in [2.75, 3.05) is 0 Å². The van der Waals surface area contributed by atoms with Crippen molar-refractivity contribution in [1.29, 1.82) is 0 Å². The minimum atomic E-state index is -0.866. The first kappa shape index (κ1) is 9.99. The molecule has 0 heterocycles. The molecule has 70 valence electrons. The second-order valence-electron chi connectivity index (χ2n) is 2.80. The molecule has 1 rings (SSSR count). The fourth-order valence-corrected chi connectivity index (χ4v) is 1.46. The highest BCUT2D eigenvalue weighted by Crippen LogP contribution is 2.26. The summed E-state index contributed by atoms with van der Waals surface area (Å²) in [5.41, 5.74) is -0.866. The highest BCUT2D eigenvalue weighted by atomic mass is 35.5. The van der Waals surface area contributed by atoms with Crippen LogP contribution in [0.2, 0.25) is 0 Å². The summed E-state index contributed by atoms with van der Waals surface area (Å²) in [7, 11) is 0. The Balaban J connectivity index is 2.74. The maximum Gasteiger partial charge on any atom is 0.293 e. The smallest absolute Gasteiger partial charge is 0.293 e. The van der Waals surface area contributed by atoms with Crippen LogP contribution in [0.5, 0.6) is 0 Å². The van der Waals surface area contributed by atoms with Crippen LogP contribution >= 0.6 is 11.6 Å². The number of halogens is 1. The molecule has 0 radical (unpaired) electrons. The lowest BCUT2D eigenvalue weighted by molar-refractivity contribution is -0.140. The molecule has 0 bridgehead atoms. The summed E-state index contributed by atoms with van der Waals surface area (Å²) in [4.78, 5) is 20.9. The number of hydrogen-bond donors (Lipinski definition) is 0. The van der Waals surface area contributed by atoms with Crippen molar-refractivity contribution in [2.45, 2.75) is 18.4 Å². The second-order valence-corrected chi connectivity index (χ2v) is 3.22. The van der Waals surface area contributed by atoms with Gasteiger partial charge in [-0.3, -0.25) is 9.59 Å². The first-order valence-electron chi connectivity index (χ1n) is 3.83. The highest BCUT2D eigenvalue weighted by Gasteiger charge is 2.31. The summed E-state index contributed by atoms with van der Waals surface area (Å²) in [6.07, 6.45) is 7.54. The van der Waals surface area contributed by atoms with Crippen LogP contribution in [0.1, 0.15) is 12.8 Å². The molecule has 0 aromatic heterocycles. The highest BCUT2D eigenvalue weighted by molar-refractivity contribution is 6.63. The molecular weight excluding hydrogens is 192 g/mol. The predicted octanol–water partition coefficient (Wildman–Crippen LogP) is 1.57. The van der Waals surface area contributed by atoms with E-state index in [1.54, 1.807) is 12.2 Å². The number of allylic oxidation sites excluding steroid dienone is 2. The van der Waals surface area contributed by atoms with Crippen molar-refractivity contribution in [2.24, 2.45) is 0 Å². The van der Waals surface area contributed by atoms with Crippen molar-refractivity contribution >= 4 is 23.3 Å². The van der Waals surface area contributed by atoms with Crippen LogP contribution in [-0.4, -0.2) is 17.3 Å². The summed E-state index contributed by atoms with van der Waals surface area (Å²) in [6, 6.07) is 0. The van der Waals surface area contributed by atoms with Gasteiger partial charge in [0.15, 0.2) is 0 Å². The van der Waals surface area contributed by atoms with Gasteiger partial charge in [-0.1, -0.05) is 18.2 Å². The monoisotopic (exact) mass is 200 g/mol. The van der Waals surface area contributed by atoms with E-state index in [0.29, 0.717) is 12.9 Å². The number of carbonyl (C=O) groups is 2. The predicted molar refractivity (Wildman–Crippen MR) is 48.3 cm³/mol. The second kappa shape index (κ2) is 4.23. The fraction of sp³-hybridized carbons (Fsp3) is 0.333.